The number of amides is 1. The molecule has 178 valence electrons. The zero-order valence-electron chi connectivity index (χ0n) is 18.3. The van der Waals surface area contributed by atoms with E-state index in [0.717, 1.165) is 0 Å². The third-order valence-corrected chi connectivity index (χ3v) is 7.19. The van der Waals surface area contributed by atoms with E-state index in [2.05, 4.69) is 5.32 Å². The Morgan fingerprint density at radius 1 is 1.09 bits per heavy atom. The highest BCUT2D eigenvalue weighted by molar-refractivity contribution is 7.92. The molecule has 3 aromatic rings. The molecule has 0 spiro atoms. The first-order valence-corrected chi connectivity index (χ1v) is 12.3. The Bertz CT molecular complexity index is 1270. The lowest BCUT2D eigenvalue weighted by molar-refractivity contribution is -0.127. The molecule has 4 rings (SSSR count). The topological polar surface area (TPSA) is 94.2 Å². The number of anilines is 1. The summed E-state index contributed by atoms with van der Waals surface area (Å²) in [5.74, 6) is 1.13. The van der Waals surface area contributed by atoms with Gasteiger partial charge in [0.15, 0.2) is 6.10 Å². The van der Waals surface area contributed by atoms with E-state index in [-0.39, 0.29) is 24.6 Å². The summed E-state index contributed by atoms with van der Waals surface area (Å²) in [4.78, 5) is 12.9. The predicted octanol–water partition coefficient (Wildman–Crippen LogP) is 3.50. The fourth-order valence-electron chi connectivity index (χ4n) is 3.45. The van der Waals surface area contributed by atoms with Crippen LogP contribution in [0.25, 0.3) is 0 Å². The SMILES string of the molecule is COc1cccc(OCCNC(=O)[C@@H]2CN(S(=O)(=O)c3ccc(Cl)cc3)c3ccccc3O2)c1. The van der Waals surface area contributed by atoms with Gasteiger partial charge in [-0.1, -0.05) is 29.8 Å². The lowest BCUT2D eigenvalue weighted by Gasteiger charge is -2.34. The molecule has 0 saturated heterocycles. The molecule has 0 aliphatic carbocycles. The number of carbonyl (C=O) groups excluding carboxylic acids is 1. The fourth-order valence-corrected chi connectivity index (χ4v) is 5.05. The standard InChI is InChI=1S/C24H23ClN2O6S/c1-31-18-5-4-6-19(15-18)32-14-13-26-24(28)23-16-27(21-7-2-3-8-22(21)33-23)34(29,30)20-11-9-17(25)10-12-20/h2-12,15,23H,13-14,16H2,1H3,(H,26,28)/t23-/m0/s1. The van der Waals surface area contributed by atoms with Gasteiger partial charge in [-0.15, -0.1) is 0 Å². The molecule has 0 radical (unpaired) electrons. The van der Waals surface area contributed by atoms with Crippen molar-refractivity contribution in [3.63, 3.8) is 0 Å². The van der Waals surface area contributed by atoms with Crippen LogP contribution in [0.5, 0.6) is 17.2 Å². The molecular weight excluding hydrogens is 480 g/mol. The Labute approximate surface area is 203 Å². The van der Waals surface area contributed by atoms with Crippen molar-refractivity contribution in [3.05, 3.63) is 77.8 Å². The van der Waals surface area contributed by atoms with Gasteiger partial charge < -0.3 is 19.5 Å². The zero-order valence-corrected chi connectivity index (χ0v) is 19.9. The smallest absolute Gasteiger partial charge is 0.264 e. The van der Waals surface area contributed by atoms with E-state index in [1.807, 2.05) is 0 Å². The second-order valence-electron chi connectivity index (χ2n) is 7.38. The molecule has 1 heterocycles. The lowest BCUT2D eigenvalue weighted by atomic mass is 10.2. The molecule has 0 fully saturated rings. The average molecular weight is 503 g/mol. The molecule has 34 heavy (non-hydrogen) atoms. The first kappa shape index (κ1) is 23.7. The molecule has 3 aromatic carbocycles. The van der Waals surface area contributed by atoms with Crippen molar-refractivity contribution in [2.45, 2.75) is 11.0 Å². The summed E-state index contributed by atoms with van der Waals surface area (Å²) in [5.41, 5.74) is 0.364. The summed E-state index contributed by atoms with van der Waals surface area (Å²) in [6, 6.07) is 19.7. The first-order valence-electron chi connectivity index (χ1n) is 10.5. The van der Waals surface area contributed by atoms with Crippen LogP contribution >= 0.6 is 11.6 Å². The number of hydrogen-bond donors (Lipinski definition) is 1. The number of ether oxygens (including phenoxy) is 3. The van der Waals surface area contributed by atoms with E-state index in [9.17, 15) is 13.2 Å². The molecule has 0 aromatic heterocycles. The first-order chi connectivity index (χ1) is 16.4. The van der Waals surface area contributed by atoms with E-state index in [0.29, 0.717) is 28.0 Å². The van der Waals surface area contributed by atoms with Crippen LogP contribution < -0.4 is 23.8 Å². The number of fused-ring (bicyclic) bond motifs is 1. The van der Waals surface area contributed by atoms with Crippen molar-refractivity contribution >= 4 is 33.2 Å². The van der Waals surface area contributed by atoms with Crippen LogP contribution in [0.15, 0.2) is 77.7 Å². The van der Waals surface area contributed by atoms with E-state index in [1.54, 1.807) is 55.6 Å². The van der Waals surface area contributed by atoms with Crippen LogP contribution in [0.2, 0.25) is 5.02 Å². The van der Waals surface area contributed by atoms with Crippen LogP contribution in [0, 0.1) is 0 Å². The second kappa shape index (κ2) is 10.2. The highest BCUT2D eigenvalue weighted by atomic mass is 35.5. The zero-order chi connectivity index (χ0) is 24.1. The van der Waals surface area contributed by atoms with Crippen LogP contribution in [0.1, 0.15) is 0 Å². The Hall–Kier alpha value is -3.43. The largest absolute Gasteiger partial charge is 0.497 e. The summed E-state index contributed by atoms with van der Waals surface area (Å²) in [5, 5.41) is 3.17. The highest BCUT2D eigenvalue weighted by Crippen LogP contribution is 2.37. The van der Waals surface area contributed by atoms with Crippen LogP contribution in [-0.2, 0) is 14.8 Å². The molecule has 8 nitrogen and oxygen atoms in total. The summed E-state index contributed by atoms with van der Waals surface area (Å²) in [7, 11) is -2.38. The van der Waals surface area contributed by atoms with Gasteiger partial charge >= 0.3 is 0 Å². The molecule has 1 amide bonds. The van der Waals surface area contributed by atoms with Gasteiger partial charge in [0.25, 0.3) is 15.9 Å². The maximum Gasteiger partial charge on any atom is 0.264 e. The van der Waals surface area contributed by atoms with Crippen molar-refractivity contribution in [2.75, 3.05) is 31.1 Å². The number of para-hydroxylation sites is 2. The summed E-state index contributed by atoms with van der Waals surface area (Å²) >= 11 is 5.91. The summed E-state index contributed by atoms with van der Waals surface area (Å²) < 4.78 is 44.5. The average Bonchev–Trinajstić information content (AvgIpc) is 2.86. The van der Waals surface area contributed by atoms with E-state index in [4.69, 9.17) is 25.8 Å². The number of sulfonamides is 1. The molecular formula is C24H23ClN2O6S. The molecule has 1 aliphatic rings. The van der Waals surface area contributed by atoms with Gasteiger partial charge in [-0.2, -0.15) is 0 Å². The van der Waals surface area contributed by atoms with Gasteiger partial charge in [0.05, 0.1) is 30.8 Å². The molecule has 1 N–H and O–H groups in total. The molecule has 1 aliphatic heterocycles. The monoisotopic (exact) mass is 502 g/mol. The predicted molar refractivity (Wildman–Crippen MR) is 128 cm³/mol. The van der Waals surface area contributed by atoms with Crippen molar-refractivity contribution < 1.29 is 27.4 Å². The normalized spacial score (nSPS) is 15.1. The Balaban J connectivity index is 1.44. The van der Waals surface area contributed by atoms with Gasteiger partial charge in [0, 0.05) is 11.1 Å². The van der Waals surface area contributed by atoms with E-state index in [1.165, 1.54) is 28.6 Å². The van der Waals surface area contributed by atoms with E-state index >= 15 is 0 Å². The third-order valence-electron chi connectivity index (χ3n) is 5.14. The number of nitrogens with zero attached hydrogens (tertiary/aromatic N) is 1. The number of nitrogens with one attached hydrogen (secondary N) is 1. The van der Waals surface area contributed by atoms with Crippen LogP contribution in [-0.4, -0.2) is 47.2 Å². The van der Waals surface area contributed by atoms with Gasteiger partial charge in [0.1, 0.15) is 23.9 Å². The van der Waals surface area contributed by atoms with Crippen molar-refractivity contribution in [3.8, 4) is 17.2 Å². The number of carbonyl (C=O) groups is 1. The Kier molecular flexibility index (Phi) is 7.14. The van der Waals surface area contributed by atoms with Crippen molar-refractivity contribution in [1.29, 1.82) is 0 Å². The molecule has 0 unspecified atom stereocenters. The fraction of sp³-hybridized carbons (Fsp3) is 0.208. The second-order valence-corrected chi connectivity index (χ2v) is 9.68. The van der Waals surface area contributed by atoms with E-state index < -0.39 is 22.0 Å². The minimum Gasteiger partial charge on any atom is -0.497 e. The number of hydrogen-bond acceptors (Lipinski definition) is 6. The number of rotatable bonds is 8. The minimum atomic E-state index is -3.95. The maximum absolute atomic E-state index is 13.4. The molecule has 0 saturated carbocycles. The quantitative estimate of drug-likeness (QED) is 0.474. The number of methoxy groups -OCH3 is 1. The maximum atomic E-state index is 13.4. The summed E-state index contributed by atoms with van der Waals surface area (Å²) in [6.07, 6.45) is -1.03. The van der Waals surface area contributed by atoms with Gasteiger partial charge in [-0.25, -0.2) is 8.42 Å². The molecule has 10 heteroatoms. The lowest BCUT2D eigenvalue weighted by Crippen LogP contribution is -2.51. The van der Waals surface area contributed by atoms with Crippen molar-refractivity contribution in [2.24, 2.45) is 0 Å². The van der Waals surface area contributed by atoms with Gasteiger partial charge in [-0.3, -0.25) is 9.10 Å². The van der Waals surface area contributed by atoms with Crippen LogP contribution in [0.4, 0.5) is 5.69 Å². The van der Waals surface area contributed by atoms with Crippen molar-refractivity contribution in [1.82, 2.24) is 5.32 Å². The highest BCUT2D eigenvalue weighted by Gasteiger charge is 2.37. The third kappa shape index (κ3) is 5.21. The molecule has 1 atom stereocenters. The van der Waals surface area contributed by atoms with Gasteiger partial charge in [0.2, 0.25) is 0 Å². The minimum absolute atomic E-state index is 0.0689. The van der Waals surface area contributed by atoms with Crippen LogP contribution in [0.3, 0.4) is 0 Å². The Morgan fingerprint density at radius 3 is 2.59 bits per heavy atom. The number of benzene rings is 3. The molecule has 0 bridgehead atoms. The Morgan fingerprint density at radius 2 is 1.82 bits per heavy atom. The number of halogens is 1. The summed E-state index contributed by atoms with van der Waals surface area (Å²) in [6.45, 7) is 0.251. The van der Waals surface area contributed by atoms with Gasteiger partial charge in [-0.05, 0) is 48.5 Å².